The molecule has 4 aromatic rings. The molecule has 1 aliphatic carbocycles. The van der Waals surface area contributed by atoms with Gasteiger partial charge in [0.1, 0.15) is 0 Å². The molecule has 0 spiro atoms. The van der Waals surface area contributed by atoms with Gasteiger partial charge in [0.25, 0.3) is 5.56 Å². The van der Waals surface area contributed by atoms with Crippen LogP contribution < -0.4 is 11.2 Å². The van der Waals surface area contributed by atoms with Gasteiger partial charge in [-0.3, -0.25) is 9.36 Å². The van der Waals surface area contributed by atoms with Gasteiger partial charge in [-0.25, -0.2) is 14.3 Å². The van der Waals surface area contributed by atoms with E-state index in [1.165, 1.54) is 4.57 Å². The summed E-state index contributed by atoms with van der Waals surface area (Å²) < 4.78 is 5.03. The molecule has 164 valence electrons. The molecule has 6 nitrogen and oxygen atoms in total. The van der Waals surface area contributed by atoms with Crippen molar-refractivity contribution in [3.05, 3.63) is 92.4 Å². The van der Waals surface area contributed by atoms with Gasteiger partial charge in [-0.1, -0.05) is 61.7 Å². The predicted molar refractivity (Wildman–Crippen MR) is 127 cm³/mol. The molecule has 5 rings (SSSR count). The van der Waals surface area contributed by atoms with Crippen LogP contribution in [0.1, 0.15) is 54.8 Å². The van der Waals surface area contributed by atoms with Crippen LogP contribution >= 0.6 is 0 Å². The molecule has 0 N–H and O–H groups in total. The van der Waals surface area contributed by atoms with E-state index in [0.717, 1.165) is 54.5 Å². The predicted octanol–water partition coefficient (Wildman–Crippen LogP) is 4.52. The normalized spacial score (nSPS) is 14.8. The smallest absolute Gasteiger partial charge is 0.320 e. The zero-order chi connectivity index (χ0) is 22.2. The van der Waals surface area contributed by atoms with Crippen LogP contribution in [0.3, 0.4) is 0 Å². The van der Waals surface area contributed by atoms with Crippen molar-refractivity contribution in [3.8, 4) is 5.69 Å². The van der Waals surface area contributed by atoms with Crippen LogP contribution in [-0.4, -0.2) is 18.7 Å². The maximum Gasteiger partial charge on any atom is 0.337 e. The maximum atomic E-state index is 13.8. The third-order valence-corrected chi connectivity index (χ3v) is 6.75. The highest BCUT2D eigenvalue weighted by Crippen LogP contribution is 2.27. The Labute approximate surface area is 186 Å². The standard InChI is InChI=1S/C26H28N4O2/c1-18-10-6-8-12-20(18)16-28-17-27-24-23(28)25(31)29(21-13-4-3-5-14-21)26(32)30(24)22-15-9-7-11-19(22)2/h6-12,15,17,21H,3-5,13-14,16H2,1-2H3. The number of imidazole rings is 1. The maximum absolute atomic E-state index is 13.8. The molecule has 0 saturated heterocycles. The molecule has 1 fully saturated rings. The van der Waals surface area contributed by atoms with E-state index in [1.54, 1.807) is 10.9 Å². The van der Waals surface area contributed by atoms with Crippen LogP contribution in [0.4, 0.5) is 0 Å². The number of para-hydroxylation sites is 1. The monoisotopic (exact) mass is 428 g/mol. The molecule has 0 radical (unpaired) electrons. The molecule has 0 aliphatic heterocycles. The van der Waals surface area contributed by atoms with E-state index < -0.39 is 0 Å². The third-order valence-electron chi connectivity index (χ3n) is 6.75. The molecule has 1 saturated carbocycles. The second-order valence-electron chi connectivity index (χ2n) is 8.84. The minimum absolute atomic E-state index is 0.0646. The van der Waals surface area contributed by atoms with Crippen molar-refractivity contribution in [1.82, 2.24) is 18.7 Å². The molecular weight excluding hydrogens is 400 g/mol. The summed E-state index contributed by atoms with van der Waals surface area (Å²) in [6.07, 6.45) is 6.66. The zero-order valence-corrected chi connectivity index (χ0v) is 18.6. The quantitative estimate of drug-likeness (QED) is 0.480. The molecule has 1 aliphatic rings. The Bertz CT molecular complexity index is 1400. The van der Waals surface area contributed by atoms with Gasteiger partial charge in [0.15, 0.2) is 11.2 Å². The highest BCUT2D eigenvalue weighted by Gasteiger charge is 2.25. The largest absolute Gasteiger partial charge is 0.337 e. The van der Waals surface area contributed by atoms with E-state index in [1.807, 2.05) is 47.9 Å². The fourth-order valence-corrected chi connectivity index (χ4v) is 4.94. The average Bonchev–Trinajstić information content (AvgIpc) is 3.21. The molecule has 32 heavy (non-hydrogen) atoms. The van der Waals surface area contributed by atoms with Crippen molar-refractivity contribution >= 4 is 11.2 Å². The topological polar surface area (TPSA) is 61.8 Å². The molecule has 2 aromatic carbocycles. The van der Waals surface area contributed by atoms with E-state index >= 15 is 0 Å². The van der Waals surface area contributed by atoms with E-state index in [4.69, 9.17) is 0 Å². The molecule has 0 amide bonds. The zero-order valence-electron chi connectivity index (χ0n) is 18.6. The lowest BCUT2D eigenvalue weighted by molar-refractivity contribution is 0.335. The summed E-state index contributed by atoms with van der Waals surface area (Å²) >= 11 is 0. The molecule has 2 heterocycles. The van der Waals surface area contributed by atoms with Crippen molar-refractivity contribution in [2.24, 2.45) is 0 Å². The number of nitrogens with zero attached hydrogens (tertiary/aromatic N) is 4. The summed E-state index contributed by atoms with van der Waals surface area (Å²) in [5.41, 5.74) is 4.43. The first kappa shape index (κ1) is 20.5. The van der Waals surface area contributed by atoms with Crippen molar-refractivity contribution in [3.63, 3.8) is 0 Å². The lowest BCUT2D eigenvalue weighted by atomic mass is 9.95. The first-order valence-electron chi connectivity index (χ1n) is 11.4. The number of aryl methyl sites for hydroxylation is 2. The Morgan fingerprint density at radius 3 is 2.31 bits per heavy atom. The van der Waals surface area contributed by atoms with Crippen LogP contribution in [0.5, 0.6) is 0 Å². The third kappa shape index (κ3) is 3.40. The highest BCUT2D eigenvalue weighted by atomic mass is 16.2. The van der Waals surface area contributed by atoms with Crippen LogP contribution in [0.15, 0.2) is 64.4 Å². The van der Waals surface area contributed by atoms with Gasteiger partial charge in [0.2, 0.25) is 0 Å². The summed E-state index contributed by atoms with van der Waals surface area (Å²) in [5.74, 6) is 0. The summed E-state index contributed by atoms with van der Waals surface area (Å²) in [5, 5.41) is 0. The van der Waals surface area contributed by atoms with Crippen LogP contribution in [-0.2, 0) is 6.54 Å². The minimum atomic E-state index is -0.287. The summed E-state index contributed by atoms with van der Waals surface area (Å²) in [6, 6.07) is 15.9. The number of fused-ring (bicyclic) bond motifs is 1. The van der Waals surface area contributed by atoms with Gasteiger partial charge >= 0.3 is 5.69 Å². The molecule has 0 unspecified atom stereocenters. The fraction of sp³-hybridized carbons (Fsp3) is 0.346. The SMILES string of the molecule is Cc1ccccc1Cn1cnc2c1c(=O)n(C1CCCCC1)c(=O)n2-c1ccccc1C. The highest BCUT2D eigenvalue weighted by molar-refractivity contribution is 5.73. The lowest BCUT2D eigenvalue weighted by Crippen LogP contribution is -2.43. The van der Waals surface area contributed by atoms with Gasteiger partial charge < -0.3 is 4.57 Å². The first-order chi connectivity index (χ1) is 15.6. The number of hydrogen-bond donors (Lipinski definition) is 0. The van der Waals surface area contributed by atoms with Crippen LogP contribution in [0.2, 0.25) is 0 Å². The fourth-order valence-electron chi connectivity index (χ4n) is 4.94. The minimum Gasteiger partial charge on any atom is -0.320 e. The lowest BCUT2D eigenvalue weighted by Gasteiger charge is -2.24. The number of rotatable bonds is 4. The van der Waals surface area contributed by atoms with E-state index in [2.05, 4.69) is 24.0 Å². The Kier molecular flexibility index (Phi) is 5.29. The van der Waals surface area contributed by atoms with Gasteiger partial charge in [-0.15, -0.1) is 0 Å². The molecular formula is C26H28N4O2. The van der Waals surface area contributed by atoms with Crippen molar-refractivity contribution in [2.75, 3.05) is 0 Å². The van der Waals surface area contributed by atoms with E-state index in [-0.39, 0.29) is 17.3 Å². The van der Waals surface area contributed by atoms with Gasteiger partial charge in [-0.05, 0) is 49.4 Å². The molecule has 6 heteroatoms. The Hall–Kier alpha value is -3.41. The van der Waals surface area contributed by atoms with Crippen molar-refractivity contribution < 1.29 is 0 Å². The Morgan fingerprint density at radius 2 is 1.59 bits per heavy atom. The Morgan fingerprint density at radius 1 is 0.906 bits per heavy atom. The van der Waals surface area contributed by atoms with Gasteiger partial charge in [0, 0.05) is 12.6 Å². The van der Waals surface area contributed by atoms with Gasteiger partial charge in [-0.2, -0.15) is 0 Å². The summed E-state index contributed by atoms with van der Waals surface area (Å²) in [4.78, 5) is 32.1. The van der Waals surface area contributed by atoms with Crippen molar-refractivity contribution in [2.45, 2.75) is 58.5 Å². The second-order valence-corrected chi connectivity index (χ2v) is 8.84. The average molecular weight is 429 g/mol. The number of aromatic nitrogens is 4. The van der Waals surface area contributed by atoms with Crippen LogP contribution in [0.25, 0.3) is 16.9 Å². The summed E-state index contributed by atoms with van der Waals surface area (Å²) in [7, 11) is 0. The van der Waals surface area contributed by atoms with Gasteiger partial charge in [0.05, 0.1) is 12.0 Å². The number of hydrogen-bond acceptors (Lipinski definition) is 3. The number of benzene rings is 2. The first-order valence-corrected chi connectivity index (χ1v) is 11.4. The van der Waals surface area contributed by atoms with Crippen LogP contribution in [0, 0.1) is 13.8 Å². The van der Waals surface area contributed by atoms with E-state index in [9.17, 15) is 9.59 Å². The van der Waals surface area contributed by atoms with Crippen molar-refractivity contribution in [1.29, 1.82) is 0 Å². The molecule has 0 atom stereocenters. The summed E-state index contributed by atoms with van der Waals surface area (Å²) in [6.45, 7) is 4.58. The second kappa shape index (κ2) is 8.26. The Balaban J connectivity index is 1.80. The molecule has 0 bridgehead atoms. The molecule has 2 aromatic heterocycles. The van der Waals surface area contributed by atoms with E-state index in [0.29, 0.717) is 17.7 Å².